The number of benzene rings is 3. The van der Waals surface area contributed by atoms with E-state index in [-0.39, 0.29) is 17.1 Å². The summed E-state index contributed by atoms with van der Waals surface area (Å²) >= 11 is 0. The van der Waals surface area contributed by atoms with Gasteiger partial charge in [0.1, 0.15) is 5.75 Å². The molecule has 3 aromatic carbocycles. The van der Waals surface area contributed by atoms with Crippen LogP contribution in [-0.4, -0.2) is 28.0 Å². The monoisotopic (exact) mass is 515 g/mol. The minimum absolute atomic E-state index is 0.0304. The molecule has 0 radical (unpaired) electrons. The van der Waals surface area contributed by atoms with Gasteiger partial charge in [-0.15, -0.1) is 0 Å². The van der Waals surface area contributed by atoms with Crippen LogP contribution in [0.3, 0.4) is 0 Å². The first-order valence-corrected chi connectivity index (χ1v) is 11.5. The third-order valence-corrected chi connectivity index (χ3v) is 5.89. The number of hydrogen-bond acceptors (Lipinski definition) is 6. The smallest absolute Gasteiger partial charge is 0.418 e. The number of carbonyl (C=O) groups is 1. The molecule has 190 valence electrons. The van der Waals surface area contributed by atoms with E-state index in [2.05, 4.69) is 19.7 Å². The molecule has 0 saturated carbocycles. The second-order valence-electron chi connectivity index (χ2n) is 8.38. The average molecular weight is 515 g/mol. The molecule has 9 heteroatoms. The number of ether oxygens (including phenoxy) is 2. The Bertz CT molecular complexity index is 1610. The summed E-state index contributed by atoms with van der Waals surface area (Å²) in [5.74, 6) is -0.0942. The van der Waals surface area contributed by atoms with Gasteiger partial charge in [0.05, 0.1) is 30.6 Å². The number of nitrogens with zero attached hydrogens (tertiary/aromatic N) is 3. The molecule has 5 rings (SSSR count). The third-order valence-electron chi connectivity index (χ3n) is 5.89. The molecule has 0 aliphatic rings. The van der Waals surface area contributed by atoms with Crippen LogP contribution in [0.4, 0.5) is 13.2 Å². The van der Waals surface area contributed by atoms with Crippen LogP contribution in [0.2, 0.25) is 0 Å². The summed E-state index contributed by atoms with van der Waals surface area (Å²) in [5.41, 5.74) is 2.15. The zero-order valence-corrected chi connectivity index (χ0v) is 20.1. The minimum atomic E-state index is -4.55. The molecular weight excluding hydrogens is 495 g/mol. The molecule has 0 aliphatic heterocycles. The summed E-state index contributed by atoms with van der Waals surface area (Å²) in [5, 5.41) is 0.382. The van der Waals surface area contributed by atoms with Gasteiger partial charge in [0.2, 0.25) is 5.88 Å². The lowest BCUT2D eigenvalue weighted by Crippen LogP contribution is -2.07. The highest BCUT2D eigenvalue weighted by Gasteiger charge is 2.33. The van der Waals surface area contributed by atoms with Gasteiger partial charge in [0.25, 0.3) is 0 Å². The Hall–Kier alpha value is -4.79. The normalized spacial score (nSPS) is 11.4. The highest BCUT2D eigenvalue weighted by molar-refractivity contribution is 5.98. The average Bonchev–Trinajstić information content (AvgIpc) is 2.92. The number of pyridine rings is 1. The number of carbonyl (C=O) groups excluding carboxylic acids is 1. The largest absolute Gasteiger partial charge is 0.464 e. The molecule has 2 aromatic heterocycles. The number of methoxy groups -OCH3 is 1. The number of alkyl halides is 3. The van der Waals surface area contributed by atoms with Crippen LogP contribution < -0.4 is 4.74 Å². The van der Waals surface area contributed by atoms with Crippen LogP contribution in [-0.2, 0) is 17.3 Å². The SMILES string of the molecule is COC(=O)c1cnc(Oc2cccc(-c3c(Cc4ccccc4)cnc4c(C(F)(F)F)cccc34)c2)cn1. The van der Waals surface area contributed by atoms with Crippen molar-refractivity contribution in [3.05, 3.63) is 114 Å². The zero-order valence-electron chi connectivity index (χ0n) is 20.1. The lowest BCUT2D eigenvalue weighted by atomic mass is 9.92. The highest BCUT2D eigenvalue weighted by atomic mass is 19.4. The second kappa shape index (κ2) is 10.3. The summed E-state index contributed by atoms with van der Waals surface area (Å²) in [6, 6.07) is 20.7. The standard InChI is InChI=1S/C29H20F3N3O3/c1-37-28(36)24-16-34-25(17-33-24)38-21-10-5-9-19(14-21)26-20(13-18-7-3-2-4-8-18)15-35-27-22(26)11-6-12-23(27)29(30,31)32/h2-12,14-17H,13H2,1H3. The first-order valence-electron chi connectivity index (χ1n) is 11.5. The van der Waals surface area contributed by atoms with E-state index in [0.29, 0.717) is 28.7 Å². The second-order valence-corrected chi connectivity index (χ2v) is 8.38. The van der Waals surface area contributed by atoms with Gasteiger partial charge in [-0.05, 0) is 46.9 Å². The van der Waals surface area contributed by atoms with Crippen molar-refractivity contribution in [2.75, 3.05) is 7.11 Å². The molecule has 0 unspecified atom stereocenters. The van der Waals surface area contributed by atoms with E-state index in [9.17, 15) is 18.0 Å². The van der Waals surface area contributed by atoms with E-state index in [1.807, 2.05) is 36.4 Å². The molecule has 5 aromatic rings. The zero-order chi connectivity index (χ0) is 26.7. The van der Waals surface area contributed by atoms with Crippen molar-refractivity contribution in [1.82, 2.24) is 15.0 Å². The quantitative estimate of drug-likeness (QED) is 0.230. The van der Waals surface area contributed by atoms with E-state index >= 15 is 0 Å². The van der Waals surface area contributed by atoms with Gasteiger partial charge in [-0.25, -0.2) is 14.8 Å². The Kier molecular flexibility index (Phi) is 6.74. The van der Waals surface area contributed by atoms with Crippen LogP contribution in [0.1, 0.15) is 27.2 Å². The van der Waals surface area contributed by atoms with Crippen LogP contribution in [0, 0.1) is 0 Å². The maximum atomic E-state index is 13.8. The Balaban J connectivity index is 1.60. The molecule has 38 heavy (non-hydrogen) atoms. The van der Waals surface area contributed by atoms with Gasteiger partial charge >= 0.3 is 12.1 Å². The van der Waals surface area contributed by atoms with Crippen molar-refractivity contribution in [2.45, 2.75) is 12.6 Å². The fourth-order valence-electron chi connectivity index (χ4n) is 4.20. The van der Waals surface area contributed by atoms with Crippen molar-refractivity contribution in [3.63, 3.8) is 0 Å². The first-order chi connectivity index (χ1) is 18.3. The van der Waals surface area contributed by atoms with Gasteiger partial charge in [0, 0.05) is 11.6 Å². The van der Waals surface area contributed by atoms with Gasteiger partial charge in [-0.3, -0.25) is 4.98 Å². The van der Waals surface area contributed by atoms with E-state index in [1.54, 1.807) is 24.3 Å². The van der Waals surface area contributed by atoms with Crippen molar-refractivity contribution < 1.29 is 27.4 Å². The molecule has 2 heterocycles. The molecule has 0 spiro atoms. The van der Waals surface area contributed by atoms with Gasteiger partial charge < -0.3 is 9.47 Å². The molecule has 0 atom stereocenters. The maximum absolute atomic E-state index is 13.8. The molecule has 6 nitrogen and oxygen atoms in total. The summed E-state index contributed by atoms with van der Waals surface area (Å²) in [6.45, 7) is 0. The third kappa shape index (κ3) is 5.17. The lowest BCUT2D eigenvalue weighted by Gasteiger charge is -2.17. The summed E-state index contributed by atoms with van der Waals surface area (Å²) in [7, 11) is 1.24. The lowest BCUT2D eigenvalue weighted by molar-refractivity contribution is -0.136. The number of para-hydroxylation sites is 1. The molecule has 0 fully saturated rings. The van der Waals surface area contributed by atoms with E-state index in [4.69, 9.17) is 4.74 Å². The van der Waals surface area contributed by atoms with E-state index in [0.717, 1.165) is 17.2 Å². The predicted octanol–water partition coefficient (Wildman–Crippen LogP) is 6.88. The predicted molar refractivity (Wildman–Crippen MR) is 135 cm³/mol. The molecule has 0 bridgehead atoms. The van der Waals surface area contributed by atoms with Crippen molar-refractivity contribution in [1.29, 1.82) is 0 Å². The Morgan fingerprint density at radius 1 is 0.868 bits per heavy atom. The molecule has 0 amide bonds. The van der Waals surface area contributed by atoms with E-state index in [1.165, 1.54) is 31.8 Å². The fraction of sp³-hybridized carbons (Fsp3) is 0.103. The summed E-state index contributed by atoms with van der Waals surface area (Å²) in [4.78, 5) is 23.9. The number of aromatic nitrogens is 3. The van der Waals surface area contributed by atoms with Crippen molar-refractivity contribution in [3.8, 4) is 22.8 Å². The Morgan fingerprint density at radius 3 is 2.37 bits per heavy atom. The minimum Gasteiger partial charge on any atom is -0.464 e. The van der Waals surface area contributed by atoms with Gasteiger partial charge in [0.15, 0.2) is 5.69 Å². The number of esters is 1. The first kappa shape index (κ1) is 24.9. The summed E-state index contributed by atoms with van der Waals surface area (Å²) in [6.07, 6.45) is -0.0503. The van der Waals surface area contributed by atoms with Crippen molar-refractivity contribution in [2.24, 2.45) is 0 Å². The topological polar surface area (TPSA) is 74.2 Å². The Morgan fingerprint density at radius 2 is 1.66 bits per heavy atom. The van der Waals surface area contributed by atoms with E-state index < -0.39 is 17.7 Å². The van der Waals surface area contributed by atoms with Crippen LogP contribution in [0.5, 0.6) is 11.6 Å². The summed E-state index contributed by atoms with van der Waals surface area (Å²) < 4.78 is 51.9. The number of rotatable bonds is 6. The van der Waals surface area contributed by atoms with Gasteiger partial charge in [-0.1, -0.05) is 54.6 Å². The Labute approximate surface area is 215 Å². The van der Waals surface area contributed by atoms with Crippen molar-refractivity contribution >= 4 is 16.9 Å². The maximum Gasteiger partial charge on any atom is 0.418 e. The highest BCUT2D eigenvalue weighted by Crippen LogP contribution is 2.39. The van der Waals surface area contributed by atoms with Crippen LogP contribution in [0.15, 0.2) is 91.4 Å². The number of fused-ring (bicyclic) bond motifs is 1. The molecule has 0 saturated heterocycles. The number of hydrogen-bond donors (Lipinski definition) is 0. The van der Waals surface area contributed by atoms with Crippen LogP contribution >= 0.6 is 0 Å². The molecule has 0 N–H and O–H groups in total. The number of halogens is 3. The molecular formula is C29H20F3N3O3. The fourth-order valence-corrected chi connectivity index (χ4v) is 4.20. The van der Waals surface area contributed by atoms with Gasteiger partial charge in [-0.2, -0.15) is 13.2 Å². The van der Waals surface area contributed by atoms with Crippen LogP contribution in [0.25, 0.3) is 22.0 Å². The molecule has 0 aliphatic carbocycles.